The van der Waals surface area contributed by atoms with E-state index < -0.39 is 0 Å². The number of methoxy groups -OCH3 is 1. The van der Waals surface area contributed by atoms with Gasteiger partial charge in [-0.1, -0.05) is 6.92 Å². The summed E-state index contributed by atoms with van der Waals surface area (Å²) in [6.45, 7) is 2.90. The van der Waals surface area contributed by atoms with Gasteiger partial charge in [-0.05, 0) is 37.3 Å². The summed E-state index contributed by atoms with van der Waals surface area (Å²) in [5.74, 6) is 1.83. The van der Waals surface area contributed by atoms with E-state index >= 15 is 0 Å². The van der Waals surface area contributed by atoms with Gasteiger partial charge in [0.1, 0.15) is 5.76 Å². The first-order valence-corrected chi connectivity index (χ1v) is 6.13. The Kier molecular flexibility index (Phi) is 4.02. The summed E-state index contributed by atoms with van der Waals surface area (Å²) in [6, 6.07) is 4.73. The smallest absolute Gasteiger partial charge is 0.123 e. The first-order valence-electron chi connectivity index (χ1n) is 6.13. The summed E-state index contributed by atoms with van der Waals surface area (Å²) in [4.78, 5) is 0. The van der Waals surface area contributed by atoms with Crippen LogP contribution in [0.5, 0.6) is 0 Å². The van der Waals surface area contributed by atoms with E-state index in [1.165, 1.54) is 19.3 Å². The molecule has 1 N–H and O–H groups in total. The first kappa shape index (κ1) is 11.7. The van der Waals surface area contributed by atoms with E-state index in [1.807, 2.05) is 12.1 Å². The molecule has 0 radical (unpaired) electrons. The van der Waals surface area contributed by atoms with Gasteiger partial charge in [0, 0.05) is 13.2 Å². The van der Waals surface area contributed by atoms with Crippen molar-refractivity contribution < 1.29 is 9.15 Å². The molecule has 2 atom stereocenters. The minimum Gasteiger partial charge on any atom is -0.468 e. The van der Waals surface area contributed by atoms with Crippen LogP contribution in [-0.4, -0.2) is 19.8 Å². The third kappa shape index (κ3) is 2.86. The summed E-state index contributed by atoms with van der Waals surface area (Å²) in [6.07, 6.45) is 5.62. The molecule has 90 valence electrons. The number of hydrogen-bond donors (Lipinski definition) is 1. The van der Waals surface area contributed by atoms with Crippen molar-refractivity contribution in [1.29, 1.82) is 0 Å². The van der Waals surface area contributed by atoms with E-state index in [4.69, 9.17) is 9.15 Å². The molecule has 3 nitrogen and oxygen atoms in total. The molecule has 0 saturated heterocycles. The first-order chi connectivity index (χ1) is 7.85. The topological polar surface area (TPSA) is 34.4 Å². The zero-order valence-electron chi connectivity index (χ0n) is 10.1. The Morgan fingerprint density at radius 2 is 2.38 bits per heavy atom. The van der Waals surface area contributed by atoms with Crippen LogP contribution in [0.2, 0.25) is 0 Å². The highest BCUT2D eigenvalue weighted by molar-refractivity contribution is 5.05. The van der Waals surface area contributed by atoms with Gasteiger partial charge >= 0.3 is 0 Å². The molecule has 1 aromatic heterocycles. The second-order valence-electron chi connectivity index (χ2n) is 4.54. The molecule has 0 amide bonds. The van der Waals surface area contributed by atoms with E-state index in [0.717, 1.165) is 11.7 Å². The van der Waals surface area contributed by atoms with E-state index in [0.29, 0.717) is 12.6 Å². The van der Waals surface area contributed by atoms with Crippen LogP contribution in [0.3, 0.4) is 0 Å². The van der Waals surface area contributed by atoms with Crippen molar-refractivity contribution in [2.75, 3.05) is 13.7 Å². The standard InChI is InChI=1S/C13H21NO2/c1-3-11(10-6-7-10)14-12(9-15-2)13-5-4-8-16-13/h4-5,8,10-12,14H,3,6-7,9H2,1-2H3. The van der Waals surface area contributed by atoms with Crippen LogP contribution in [0.15, 0.2) is 22.8 Å². The lowest BCUT2D eigenvalue weighted by Crippen LogP contribution is -2.36. The molecule has 1 aliphatic rings. The van der Waals surface area contributed by atoms with E-state index in [-0.39, 0.29) is 6.04 Å². The fraction of sp³-hybridized carbons (Fsp3) is 0.692. The monoisotopic (exact) mass is 223 g/mol. The van der Waals surface area contributed by atoms with E-state index in [2.05, 4.69) is 12.2 Å². The molecule has 1 aromatic rings. The number of hydrogen-bond acceptors (Lipinski definition) is 3. The minimum absolute atomic E-state index is 0.186. The fourth-order valence-electron chi connectivity index (χ4n) is 2.21. The summed E-state index contributed by atoms with van der Waals surface area (Å²) in [5.41, 5.74) is 0. The van der Waals surface area contributed by atoms with E-state index in [9.17, 15) is 0 Å². The highest BCUT2D eigenvalue weighted by Gasteiger charge is 2.31. The average Bonchev–Trinajstić information content (AvgIpc) is 2.99. The summed E-state index contributed by atoms with van der Waals surface area (Å²) >= 11 is 0. The molecule has 1 saturated carbocycles. The summed E-state index contributed by atoms with van der Waals surface area (Å²) in [7, 11) is 1.73. The maximum absolute atomic E-state index is 5.45. The second kappa shape index (κ2) is 5.51. The lowest BCUT2D eigenvalue weighted by atomic mass is 10.1. The normalized spacial score (nSPS) is 19.6. The highest BCUT2D eigenvalue weighted by Crippen LogP contribution is 2.35. The number of nitrogens with one attached hydrogen (secondary N) is 1. The molecule has 2 unspecified atom stereocenters. The zero-order chi connectivity index (χ0) is 11.4. The van der Waals surface area contributed by atoms with Gasteiger partial charge in [-0.25, -0.2) is 0 Å². The Morgan fingerprint density at radius 1 is 1.56 bits per heavy atom. The third-order valence-electron chi connectivity index (χ3n) is 3.27. The molecule has 0 bridgehead atoms. The van der Waals surface area contributed by atoms with Crippen molar-refractivity contribution in [2.24, 2.45) is 5.92 Å². The van der Waals surface area contributed by atoms with Crippen molar-refractivity contribution in [2.45, 2.75) is 38.3 Å². The Bertz CT molecular complexity index is 293. The number of ether oxygens (including phenoxy) is 1. The maximum atomic E-state index is 5.45. The highest BCUT2D eigenvalue weighted by atomic mass is 16.5. The lowest BCUT2D eigenvalue weighted by molar-refractivity contribution is 0.148. The van der Waals surface area contributed by atoms with Gasteiger partial charge in [0.2, 0.25) is 0 Å². The lowest BCUT2D eigenvalue weighted by Gasteiger charge is -2.23. The van der Waals surface area contributed by atoms with Crippen LogP contribution < -0.4 is 5.32 Å². The van der Waals surface area contributed by atoms with Crippen molar-refractivity contribution in [3.05, 3.63) is 24.2 Å². The maximum Gasteiger partial charge on any atom is 0.123 e. The van der Waals surface area contributed by atoms with Crippen LogP contribution in [0.25, 0.3) is 0 Å². The molecule has 1 heterocycles. The second-order valence-corrected chi connectivity index (χ2v) is 4.54. The van der Waals surface area contributed by atoms with Gasteiger partial charge in [0.15, 0.2) is 0 Å². The SMILES string of the molecule is CCC(NC(COC)c1ccco1)C1CC1. The fourth-order valence-corrected chi connectivity index (χ4v) is 2.21. The Morgan fingerprint density at radius 3 is 2.88 bits per heavy atom. The van der Waals surface area contributed by atoms with Gasteiger partial charge in [0.25, 0.3) is 0 Å². The Labute approximate surface area is 97.2 Å². The third-order valence-corrected chi connectivity index (χ3v) is 3.27. The van der Waals surface area contributed by atoms with Crippen molar-refractivity contribution in [1.82, 2.24) is 5.32 Å². The van der Waals surface area contributed by atoms with Gasteiger partial charge in [-0.2, -0.15) is 0 Å². The molecule has 3 heteroatoms. The molecule has 2 rings (SSSR count). The van der Waals surface area contributed by atoms with Crippen LogP contribution >= 0.6 is 0 Å². The van der Waals surface area contributed by atoms with Gasteiger partial charge in [-0.15, -0.1) is 0 Å². The summed E-state index contributed by atoms with van der Waals surface area (Å²) in [5, 5.41) is 3.65. The van der Waals surface area contributed by atoms with E-state index in [1.54, 1.807) is 13.4 Å². The van der Waals surface area contributed by atoms with Crippen molar-refractivity contribution >= 4 is 0 Å². The Balaban J connectivity index is 1.96. The molecule has 16 heavy (non-hydrogen) atoms. The largest absolute Gasteiger partial charge is 0.468 e. The molecule has 1 fully saturated rings. The van der Waals surface area contributed by atoms with Crippen molar-refractivity contribution in [3.63, 3.8) is 0 Å². The van der Waals surface area contributed by atoms with Gasteiger partial charge in [0.05, 0.1) is 18.9 Å². The molecule has 1 aliphatic carbocycles. The number of furan rings is 1. The van der Waals surface area contributed by atoms with Crippen LogP contribution in [0.1, 0.15) is 38.0 Å². The average molecular weight is 223 g/mol. The molecule has 0 aromatic carbocycles. The van der Waals surface area contributed by atoms with Gasteiger partial charge in [-0.3, -0.25) is 0 Å². The van der Waals surface area contributed by atoms with Crippen molar-refractivity contribution in [3.8, 4) is 0 Å². The van der Waals surface area contributed by atoms with Gasteiger partial charge < -0.3 is 14.5 Å². The van der Waals surface area contributed by atoms with Crippen LogP contribution in [0.4, 0.5) is 0 Å². The molecule has 0 spiro atoms. The summed E-state index contributed by atoms with van der Waals surface area (Å²) < 4.78 is 10.7. The molecular formula is C13H21NO2. The zero-order valence-corrected chi connectivity index (χ0v) is 10.1. The quantitative estimate of drug-likeness (QED) is 0.771. The Hall–Kier alpha value is -0.800. The molecule has 0 aliphatic heterocycles. The molecular weight excluding hydrogens is 202 g/mol. The van der Waals surface area contributed by atoms with Crippen LogP contribution in [0, 0.1) is 5.92 Å². The van der Waals surface area contributed by atoms with Crippen LogP contribution in [-0.2, 0) is 4.74 Å². The predicted molar refractivity (Wildman–Crippen MR) is 63.3 cm³/mol. The minimum atomic E-state index is 0.186. The number of rotatable bonds is 7. The predicted octanol–water partition coefficient (Wildman–Crippen LogP) is 2.75.